The number of carbonyl (C=O) groups is 1. The lowest BCUT2D eigenvalue weighted by Crippen LogP contribution is -2.30. The minimum atomic E-state index is -0.0966. The number of tetrazole rings is 1. The van der Waals surface area contributed by atoms with Crippen LogP contribution < -0.4 is 10.6 Å². The molecule has 8 heteroatoms. The predicted octanol–water partition coefficient (Wildman–Crippen LogP) is 0.145. The molecule has 1 heterocycles. The second kappa shape index (κ2) is 7.46. The molecule has 2 aromatic rings. The molecule has 2 N–H and O–H groups in total. The summed E-state index contributed by atoms with van der Waals surface area (Å²) in [6.45, 7) is 3.40. The van der Waals surface area contributed by atoms with Crippen molar-refractivity contribution < 1.29 is 9.53 Å². The molecule has 1 aromatic heterocycles. The number of amides is 1. The van der Waals surface area contributed by atoms with Crippen LogP contribution in [0.15, 0.2) is 24.5 Å². The van der Waals surface area contributed by atoms with Crippen molar-refractivity contribution in [2.45, 2.75) is 6.92 Å². The number of nitrogens with one attached hydrogen (secondary N) is 2. The molecule has 0 saturated carbocycles. The zero-order valence-corrected chi connectivity index (χ0v) is 12.0. The molecule has 0 unspecified atom stereocenters. The van der Waals surface area contributed by atoms with E-state index in [1.807, 2.05) is 25.1 Å². The maximum Gasteiger partial charge on any atom is 0.238 e. The summed E-state index contributed by atoms with van der Waals surface area (Å²) in [7, 11) is 1.62. The van der Waals surface area contributed by atoms with Gasteiger partial charge in [0.05, 0.1) is 18.8 Å². The standard InChI is InChI=1S/C13H18N6O2/c1-10-7-11(16-13(20)8-14-5-6-21-2)3-4-12(10)19-9-15-17-18-19/h3-4,7,9,14H,5-6,8H2,1-2H3,(H,16,20). The maximum atomic E-state index is 11.7. The van der Waals surface area contributed by atoms with Crippen LogP contribution in [0.25, 0.3) is 5.69 Å². The fraction of sp³-hybridized carbons (Fsp3) is 0.385. The number of nitrogens with zero attached hydrogens (tertiary/aromatic N) is 4. The van der Waals surface area contributed by atoms with Gasteiger partial charge in [0.25, 0.3) is 0 Å². The number of carbonyl (C=O) groups excluding carboxylic acids is 1. The highest BCUT2D eigenvalue weighted by molar-refractivity contribution is 5.92. The van der Waals surface area contributed by atoms with Crippen molar-refractivity contribution >= 4 is 11.6 Å². The van der Waals surface area contributed by atoms with E-state index in [0.29, 0.717) is 13.2 Å². The van der Waals surface area contributed by atoms with E-state index in [1.165, 1.54) is 6.33 Å². The van der Waals surface area contributed by atoms with Gasteiger partial charge in [0.1, 0.15) is 6.33 Å². The molecular weight excluding hydrogens is 272 g/mol. The molecule has 0 fully saturated rings. The van der Waals surface area contributed by atoms with Crippen LogP contribution in [-0.4, -0.2) is 52.9 Å². The molecule has 2 rings (SSSR count). The number of benzene rings is 1. The van der Waals surface area contributed by atoms with E-state index in [2.05, 4.69) is 26.2 Å². The van der Waals surface area contributed by atoms with Crippen LogP contribution in [0.4, 0.5) is 5.69 Å². The quantitative estimate of drug-likeness (QED) is 0.705. The molecule has 8 nitrogen and oxygen atoms in total. The van der Waals surface area contributed by atoms with Crippen molar-refractivity contribution in [1.29, 1.82) is 0 Å². The highest BCUT2D eigenvalue weighted by Gasteiger charge is 2.06. The lowest BCUT2D eigenvalue weighted by molar-refractivity contribution is -0.115. The van der Waals surface area contributed by atoms with Gasteiger partial charge in [-0.25, -0.2) is 4.68 Å². The third-order valence-electron chi connectivity index (χ3n) is 2.84. The number of aryl methyl sites for hydroxylation is 1. The number of hydrogen-bond acceptors (Lipinski definition) is 6. The van der Waals surface area contributed by atoms with E-state index in [-0.39, 0.29) is 12.5 Å². The van der Waals surface area contributed by atoms with Crippen LogP contribution in [0.5, 0.6) is 0 Å². The van der Waals surface area contributed by atoms with E-state index < -0.39 is 0 Å². The molecule has 0 saturated heterocycles. The van der Waals surface area contributed by atoms with Gasteiger partial charge >= 0.3 is 0 Å². The lowest BCUT2D eigenvalue weighted by atomic mass is 10.2. The molecule has 21 heavy (non-hydrogen) atoms. The summed E-state index contributed by atoms with van der Waals surface area (Å²) in [5.41, 5.74) is 2.58. The summed E-state index contributed by atoms with van der Waals surface area (Å²) in [4.78, 5) is 11.7. The van der Waals surface area contributed by atoms with Gasteiger partial charge in [0.15, 0.2) is 0 Å². The van der Waals surface area contributed by atoms with E-state index in [4.69, 9.17) is 4.74 Å². The topological polar surface area (TPSA) is 94.0 Å². The Morgan fingerprint density at radius 2 is 2.29 bits per heavy atom. The normalized spacial score (nSPS) is 10.6. The third kappa shape index (κ3) is 4.33. The Morgan fingerprint density at radius 3 is 2.95 bits per heavy atom. The van der Waals surface area contributed by atoms with Crippen molar-refractivity contribution in [3.63, 3.8) is 0 Å². The molecule has 0 aliphatic heterocycles. The average Bonchev–Trinajstić information content (AvgIpc) is 2.98. The average molecular weight is 290 g/mol. The molecule has 0 atom stereocenters. The van der Waals surface area contributed by atoms with Crippen LogP contribution in [0, 0.1) is 6.92 Å². The van der Waals surface area contributed by atoms with Crippen LogP contribution in [0.3, 0.4) is 0 Å². The molecule has 1 aromatic carbocycles. The Hall–Kier alpha value is -2.32. The smallest absolute Gasteiger partial charge is 0.238 e. The van der Waals surface area contributed by atoms with E-state index in [0.717, 1.165) is 16.9 Å². The van der Waals surface area contributed by atoms with Gasteiger partial charge in [-0.05, 0) is 41.1 Å². The Labute approximate surface area is 122 Å². The van der Waals surface area contributed by atoms with Gasteiger partial charge in [-0.1, -0.05) is 0 Å². The maximum absolute atomic E-state index is 11.7. The van der Waals surface area contributed by atoms with E-state index >= 15 is 0 Å². The van der Waals surface area contributed by atoms with Crippen LogP contribution in [-0.2, 0) is 9.53 Å². The molecule has 0 aliphatic carbocycles. The minimum Gasteiger partial charge on any atom is -0.383 e. The molecule has 1 amide bonds. The third-order valence-corrected chi connectivity index (χ3v) is 2.84. The summed E-state index contributed by atoms with van der Waals surface area (Å²) in [5, 5.41) is 16.9. The minimum absolute atomic E-state index is 0.0966. The highest BCUT2D eigenvalue weighted by Crippen LogP contribution is 2.17. The first-order valence-corrected chi connectivity index (χ1v) is 6.54. The number of aromatic nitrogens is 4. The number of methoxy groups -OCH3 is 1. The number of anilines is 1. The first kappa shape index (κ1) is 15.1. The highest BCUT2D eigenvalue weighted by atomic mass is 16.5. The Morgan fingerprint density at radius 1 is 1.43 bits per heavy atom. The molecule has 112 valence electrons. The Kier molecular flexibility index (Phi) is 5.35. The molecule has 0 bridgehead atoms. The van der Waals surface area contributed by atoms with Crippen molar-refractivity contribution in [3.05, 3.63) is 30.1 Å². The van der Waals surface area contributed by atoms with E-state index in [9.17, 15) is 4.79 Å². The van der Waals surface area contributed by atoms with Gasteiger partial charge < -0.3 is 15.4 Å². The fourth-order valence-electron chi connectivity index (χ4n) is 1.84. The van der Waals surface area contributed by atoms with Crippen molar-refractivity contribution in [1.82, 2.24) is 25.5 Å². The second-order valence-electron chi connectivity index (χ2n) is 4.47. The fourth-order valence-corrected chi connectivity index (χ4v) is 1.84. The van der Waals surface area contributed by atoms with Gasteiger partial charge in [-0.15, -0.1) is 5.10 Å². The summed E-state index contributed by atoms with van der Waals surface area (Å²) < 4.78 is 6.47. The van der Waals surface area contributed by atoms with Gasteiger partial charge in [0.2, 0.25) is 5.91 Å². The van der Waals surface area contributed by atoms with Crippen molar-refractivity contribution in [3.8, 4) is 5.69 Å². The van der Waals surface area contributed by atoms with Crippen molar-refractivity contribution in [2.24, 2.45) is 0 Å². The SMILES string of the molecule is COCCNCC(=O)Nc1ccc(-n2cnnn2)c(C)c1. The number of hydrogen-bond donors (Lipinski definition) is 2. The Balaban J connectivity index is 1.93. The first-order chi connectivity index (χ1) is 10.2. The van der Waals surface area contributed by atoms with Crippen LogP contribution >= 0.6 is 0 Å². The zero-order valence-electron chi connectivity index (χ0n) is 12.0. The molecule has 0 spiro atoms. The number of rotatable bonds is 7. The second-order valence-corrected chi connectivity index (χ2v) is 4.47. The van der Waals surface area contributed by atoms with Crippen molar-refractivity contribution in [2.75, 3.05) is 32.1 Å². The van der Waals surface area contributed by atoms with Crippen LogP contribution in [0.2, 0.25) is 0 Å². The lowest BCUT2D eigenvalue weighted by Gasteiger charge is -2.09. The predicted molar refractivity (Wildman–Crippen MR) is 77.3 cm³/mol. The van der Waals surface area contributed by atoms with Gasteiger partial charge in [-0.3, -0.25) is 4.79 Å². The monoisotopic (exact) mass is 290 g/mol. The molecule has 0 radical (unpaired) electrons. The summed E-state index contributed by atoms with van der Waals surface area (Å²) in [6, 6.07) is 5.56. The first-order valence-electron chi connectivity index (χ1n) is 6.54. The summed E-state index contributed by atoms with van der Waals surface area (Å²) in [5.74, 6) is -0.0966. The molecule has 0 aliphatic rings. The molecular formula is C13H18N6O2. The summed E-state index contributed by atoms with van der Waals surface area (Å²) in [6.07, 6.45) is 1.53. The summed E-state index contributed by atoms with van der Waals surface area (Å²) >= 11 is 0. The van der Waals surface area contributed by atoms with E-state index in [1.54, 1.807) is 11.8 Å². The van der Waals surface area contributed by atoms with Gasteiger partial charge in [-0.2, -0.15) is 0 Å². The van der Waals surface area contributed by atoms with Crippen LogP contribution in [0.1, 0.15) is 5.56 Å². The zero-order chi connectivity index (χ0) is 15.1. The number of ether oxygens (including phenoxy) is 1. The Bertz CT molecular complexity index is 584. The largest absolute Gasteiger partial charge is 0.383 e. The van der Waals surface area contributed by atoms with Gasteiger partial charge in [0, 0.05) is 19.3 Å².